The molecule has 1 fully saturated rings. The van der Waals surface area contributed by atoms with Crippen LogP contribution in [0.2, 0.25) is 0 Å². The summed E-state index contributed by atoms with van der Waals surface area (Å²) in [5.41, 5.74) is 0.712. The third-order valence-corrected chi connectivity index (χ3v) is 6.27. The van der Waals surface area contributed by atoms with Gasteiger partial charge in [-0.15, -0.1) is 0 Å². The smallest absolute Gasteiger partial charge is 0.244 e. The Labute approximate surface area is 161 Å². The summed E-state index contributed by atoms with van der Waals surface area (Å²) in [5.74, 6) is -0.576. The third-order valence-electron chi connectivity index (χ3n) is 6.27. The lowest BCUT2D eigenvalue weighted by Crippen LogP contribution is -2.62. The summed E-state index contributed by atoms with van der Waals surface area (Å²) < 4.78 is 0. The molecule has 27 heavy (non-hydrogen) atoms. The Kier molecular flexibility index (Phi) is 6.68. The van der Waals surface area contributed by atoms with Crippen LogP contribution in [0.25, 0.3) is 0 Å². The van der Waals surface area contributed by atoms with Crippen molar-refractivity contribution < 1.29 is 25.2 Å². The van der Waals surface area contributed by atoms with Gasteiger partial charge in [0.1, 0.15) is 0 Å². The highest BCUT2D eigenvalue weighted by molar-refractivity contribution is 5.88. The Bertz CT molecular complexity index is 651. The molecule has 1 saturated carbocycles. The lowest BCUT2D eigenvalue weighted by atomic mass is 9.49. The van der Waals surface area contributed by atoms with Crippen LogP contribution in [0.15, 0.2) is 35.5 Å². The van der Waals surface area contributed by atoms with Crippen LogP contribution < -0.4 is 5.32 Å². The highest BCUT2D eigenvalue weighted by atomic mass is 16.3. The Morgan fingerprint density at radius 2 is 2.07 bits per heavy atom. The minimum atomic E-state index is -1.04. The molecule has 6 nitrogen and oxygen atoms in total. The zero-order valence-corrected chi connectivity index (χ0v) is 16.5. The molecule has 0 spiro atoms. The fraction of sp³-hybridized carbons (Fsp3) is 0.667. The standard InChI is InChI=1S/C21H33NO5/c1-13(6-8-23)9-18(26)22-19-14(2)5-7-21(27)16(11-20(21,3)4)15(12-24)10-17(19)25/h9-10,16-17,19,23-25,27H,2,5-8,11-12H2,1,3-4H3,(H,22,26)/b13-9+,15-10-/t16-,17+,19-,21+/m1/s1. The Morgan fingerprint density at radius 3 is 2.63 bits per heavy atom. The van der Waals surface area contributed by atoms with Gasteiger partial charge in [0.2, 0.25) is 5.91 Å². The number of aliphatic hydroxyl groups is 4. The summed E-state index contributed by atoms with van der Waals surface area (Å²) in [7, 11) is 0. The zero-order valence-electron chi connectivity index (χ0n) is 16.5. The summed E-state index contributed by atoms with van der Waals surface area (Å²) in [6, 6.07) is -0.707. The van der Waals surface area contributed by atoms with E-state index in [1.807, 2.05) is 13.8 Å². The molecule has 0 aromatic rings. The van der Waals surface area contributed by atoms with Crippen LogP contribution in [0.4, 0.5) is 0 Å². The second-order valence-corrected chi connectivity index (χ2v) is 8.56. The van der Waals surface area contributed by atoms with Crippen LogP contribution >= 0.6 is 0 Å². The number of hydrogen-bond donors (Lipinski definition) is 5. The van der Waals surface area contributed by atoms with E-state index in [-0.39, 0.29) is 30.5 Å². The summed E-state index contributed by atoms with van der Waals surface area (Å²) in [6.07, 6.45) is 3.97. The highest BCUT2D eigenvalue weighted by Crippen LogP contribution is 2.59. The van der Waals surface area contributed by atoms with Gasteiger partial charge in [-0.05, 0) is 43.6 Å². The quantitative estimate of drug-likeness (QED) is 0.364. The third kappa shape index (κ3) is 4.35. The number of nitrogens with one attached hydrogen (secondary N) is 1. The van der Waals surface area contributed by atoms with Crippen LogP contribution in [-0.4, -0.2) is 57.3 Å². The fourth-order valence-corrected chi connectivity index (χ4v) is 4.34. The molecule has 0 aromatic carbocycles. The molecule has 0 aliphatic heterocycles. The van der Waals surface area contributed by atoms with E-state index in [0.29, 0.717) is 30.4 Å². The van der Waals surface area contributed by atoms with E-state index in [0.717, 1.165) is 12.0 Å². The van der Waals surface area contributed by atoms with Crippen molar-refractivity contribution in [2.45, 2.75) is 64.2 Å². The maximum atomic E-state index is 12.3. The fourth-order valence-electron chi connectivity index (χ4n) is 4.34. The molecule has 2 rings (SSSR count). The molecule has 0 unspecified atom stereocenters. The van der Waals surface area contributed by atoms with Gasteiger partial charge >= 0.3 is 0 Å². The summed E-state index contributed by atoms with van der Waals surface area (Å²) in [4.78, 5) is 12.3. The maximum Gasteiger partial charge on any atom is 0.244 e. The Hall–Kier alpha value is -1.47. The number of fused-ring (bicyclic) bond motifs is 1. The van der Waals surface area contributed by atoms with E-state index in [2.05, 4.69) is 11.9 Å². The largest absolute Gasteiger partial charge is 0.396 e. The molecular weight excluding hydrogens is 346 g/mol. The van der Waals surface area contributed by atoms with E-state index in [1.165, 1.54) is 6.08 Å². The Balaban J connectivity index is 2.26. The molecule has 0 radical (unpaired) electrons. The van der Waals surface area contributed by atoms with Crippen molar-refractivity contribution in [3.05, 3.63) is 35.5 Å². The molecule has 4 atom stereocenters. The molecule has 152 valence electrons. The van der Waals surface area contributed by atoms with E-state index < -0.39 is 17.7 Å². The second kappa shape index (κ2) is 8.27. The van der Waals surface area contributed by atoms with Crippen LogP contribution in [0.1, 0.15) is 46.5 Å². The van der Waals surface area contributed by atoms with Crippen molar-refractivity contribution in [2.24, 2.45) is 11.3 Å². The van der Waals surface area contributed by atoms with Gasteiger partial charge in [-0.2, -0.15) is 0 Å². The molecular formula is C21H33NO5. The van der Waals surface area contributed by atoms with E-state index in [9.17, 15) is 20.1 Å². The first-order valence-electron chi connectivity index (χ1n) is 9.54. The van der Waals surface area contributed by atoms with Gasteiger partial charge in [-0.3, -0.25) is 4.79 Å². The van der Waals surface area contributed by atoms with Crippen LogP contribution in [0.5, 0.6) is 0 Å². The van der Waals surface area contributed by atoms with Crippen molar-refractivity contribution >= 4 is 5.91 Å². The number of aliphatic hydroxyl groups excluding tert-OH is 3. The first-order chi connectivity index (χ1) is 12.6. The summed E-state index contributed by atoms with van der Waals surface area (Å²) in [5, 5.41) is 43.5. The van der Waals surface area contributed by atoms with Crippen molar-refractivity contribution in [2.75, 3.05) is 13.2 Å². The predicted molar refractivity (Wildman–Crippen MR) is 104 cm³/mol. The second-order valence-electron chi connectivity index (χ2n) is 8.56. The molecule has 2 aliphatic carbocycles. The van der Waals surface area contributed by atoms with E-state index >= 15 is 0 Å². The minimum Gasteiger partial charge on any atom is -0.396 e. The summed E-state index contributed by atoms with van der Waals surface area (Å²) >= 11 is 0. The van der Waals surface area contributed by atoms with Crippen molar-refractivity contribution in [1.82, 2.24) is 5.32 Å². The van der Waals surface area contributed by atoms with Crippen molar-refractivity contribution in [3.63, 3.8) is 0 Å². The molecule has 0 heterocycles. The molecule has 0 bridgehead atoms. The molecule has 1 amide bonds. The maximum absolute atomic E-state index is 12.3. The average Bonchev–Trinajstić information content (AvgIpc) is 2.61. The van der Waals surface area contributed by atoms with Crippen LogP contribution in [-0.2, 0) is 4.79 Å². The number of amides is 1. The van der Waals surface area contributed by atoms with Gasteiger partial charge in [0, 0.05) is 18.6 Å². The van der Waals surface area contributed by atoms with Crippen LogP contribution in [0, 0.1) is 11.3 Å². The Morgan fingerprint density at radius 1 is 1.41 bits per heavy atom. The molecule has 5 N–H and O–H groups in total. The first-order valence-corrected chi connectivity index (χ1v) is 9.54. The predicted octanol–water partition coefficient (Wildman–Crippen LogP) is 1.21. The molecule has 0 aromatic heterocycles. The summed E-state index contributed by atoms with van der Waals surface area (Å²) in [6.45, 7) is 9.51. The number of carbonyl (C=O) groups is 1. The lowest BCUT2D eigenvalue weighted by molar-refractivity contribution is -0.193. The lowest BCUT2D eigenvalue weighted by Gasteiger charge is -2.59. The number of hydrogen-bond acceptors (Lipinski definition) is 5. The number of carbonyl (C=O) groups excluding carboxylic acids is 1. The van der Waals surface area contributed by atoms with Gasteiger partial charge in [-0.25, -0.2) is 0 Å². The van der Waals surface area contributed by atoms with Crippen molar-refractivity contribution in [1.29, 1.82) is 0 Å². The minimum absolute atomic E-state index is 0.0350. The highest BCUT2D eigenvalue weighted by Gasteiger charge is 2.60. The molecule has 0 saturated heterocycles. The molecule has 2 aliphatic rings. The topological polar surface area (TPSA) is 110 Å². The SMILES string of the molecule is C=C1CC[C@]2(O)[C@H](CC2(C)C)/C(CO)=C\[C@H](O)[C@@H]1NC(=O)/C=C(\C)CCO. The normalized spacial score (nSPS) is 35.7. The van der Waals surface area contributed by atoms with E-state index in [4.69, 9.17) is 5.11 Å². The number of rotatable bonds is 5. The first kappa shape index (κ1) is 21.8. The zero-order chi connectivity index (χ0) is 20.4. The van der Waals surface area contributed by atoms with Gasteiger partial charge in [0.25, 0.3) is 0 Å². The van der Waals surface area contributed by atoms with Crippen LogP contribution in [0.3, 0.4) is 0 Å². The van der Waals surface area contributed by atoms with Gasteiger partial charge in [0.05, 0.1) is 24.4 Å². The van der Waals surface area contributed by atoms with Crippen molar-refractivity contribution in [3.8, 4) is 0 Å². The average molecular weight is 379 g/mol. The monoisotopic (exact) mass is 379 g/mol. The van der Waals surface area contributed by atoms with Gasteiger partial charge in [0.15, 0.2) is 0 Å². The van der Waals surface area contributed by atoms with E-state index in [1.54, 1.807) is 13.0 Å². The van der Waals surface area contributed by atoms with Gasteiger partial charge in [-0.1, -0.05) is 37.6 Å². The molecule has 6 heteroatoms. The van der Waals surface area contributed by atoms with Gasteiger partial charge < -0.3 is 25.7 Å².